The normalized spacial score (nSPS) is 15.7. The number of nitrogens with zero attached hydrogens (tertiary/aromatic N) is 1. The van der Waals surface area contributed by atoms with Crippen LogP contribution in [0, 0.1) is 5.92 Å². The first-order valence-electron chi connectivity index (χ1n) is 9.03. The Morgan fingerprint density at radius 1 is 1.30 bits per heavy atom. The second-order valence-corrected chi connectivity index (χ2v) is 6.76. The molecule has 0 aliphatic carbocycles. The van der Waals surface area contributed by atoms with Crippen molar-refractivity contribution < 1.29 is 23.8 Å². The number of methoxy groups -OCH3 is 1. The van der Waals surface area contributed by atoms with E-state index >= 15 is 0 Å². The molecule has 1 atom stereocenters. The zero-order chi connectivity index (χ0) is 19.8. The molecule has 1 saturated heterocycles. The molecule has 1 heterocycles. The Kier molecular flexibility index (Phi) is 7.87. The third kappa shape index (κ3) is 6.11. The summed E-state index contributed by atoms with van der Waals surface area (Å²) in [6.07, 6.45) is 1.61. The van der Waals surface area contributed by atoms with Gasteiger partial charge < -0.3 is 30.2 Å². The number of nitrogens with two attached hydrogens (primary N) is 1. The van der Waals surface area contributed by atoms with Crippen LogP contribution in [0.15, 0.2) is 18.2 Å². The molecular formula is C19H29N3O5. The summed E-state index contributed by atoms with van der Waals surface area (Å²) in [4.78, 5) is 25.4. The van der Waals surface area contributed by atoms with Crippen molar-refractivity contribution in [2.24, 2.45) is 11.7 Å². The van der Waals surface area contributed by atoms with Gasteiger partial charge in [-0.2, -0.15) is 0 Å². The summed E-state index contributed by atoms with van der Waals surface area (Å²) in [7, 11) is 4.86. The highest BCUT2D eigenvalue weighted by molar-refractivity contribution is 5.81. The molecule has 8 nitrogen and oxygen atoms in total. The summed E-state index contributed by atoms with van der Waals surface area (Å²) in [6.45, 7) is 1.57. The van der Waals surface area contributed by atoms with Gasteiger partial charge in [-0.1, -0.05) is 6.07 Å². The average Bonchev–Trinajstić information content (AvgIpc) is 2.70. The second-order valence-electron chi connectivity index (χ2n) is 6.76. The maximum absolute atomic E-state index is 12.3. The Morgan fingerprint density at radius 3 is 2.63 bits per heavy atom. The number of carbonyl (C=O) groups is 2. The predicted molar refractivity (Wildman–Crippen MR) is 101 cm³/mol. The van der Waals surface area contributed by atoms with E-state index < -0.39 is 6.04 Å². The van der Waals surface area contributed by atoms with E-state index in [4.69, 9.17) is 19.9 Å². The maximum atomic E-state index is 12.3. The van der Waals surface area contributed by atoms with Gasteiger partial charge >= 0.3 is 0 Å². The molecule has 27 heavy (non-hydrogen) atoms. The quantitative estimate of drug-likeness (QED) is 0.683. The van der Waals surface area contributed by atoms with Crippen LogP contribution < -0.4 is 20.5 Å². The van der Waals surface area contributed by atoms with Crippen molar-refractivity contribution >= 4 is 11.8 Å². The molecular weight excluding hydrogens is 350 g/mol. The molecule has 0 saturated carbocycles. The summed E-state index contributed by atoms with van der Waals surface area (Å²) < 4.78 is 16.1. The first kappa shape index (κ1) is 21.0. The molecule has 8 heteroatoms. The number of rotatable bonds is 8. The number of carbonyl (C=O) groups excluding carboxylic acids is 2. The lowest BCUT2D eigenvalue weighted by atomic mass is 9.92. The summed E-state index contributed by atoms with van der Waals surface area (Å²) in [5.74, 6) is 0.815. The molecule has 1 aromatic rings. The first-order valence-corrected chi connectivity index (χ1v) is 9.03. The molecule has 1 aromatic carbocycles. The Labute approximate surface area is 159 Å². The van der Waals surface area contributed by atoms with Crippen LogP contribution in [0.3, 0.4) is 0 Å². The molecule has 1 aliphatic heterocycles. The van der Waals surface area contributed by atoms with Crippen molar-refractivity contribution in [3.63, 3.8) is 0 Å². The molecule has 0 spiro atoms. The van der Waals surface area contributed by atoms with Gasteiger partial charge in [0, 0.05) is 33.9 Å². The van der Waals surface area contributed by atoms with Crippen LogP contribution in [0.4, 0.5) is 0 Å². The number of likely N-dealkylation sites (N-methyl/N-ethyl adjacent to an activating group) is 1. The van der Waals surface area contributed by atoms with Crippen LogP contribution >= 0.6 is 0 Å². The van der Waals surface area contributed by atoms with Crippen molar-refractivity contribution in [1.29, 1.82) is 0 Å². The van der Waals surface area contributed by atoms with Crippen LogP contribution in [0.25, 0.3) is 0 Å². The fourth-order valence-electron chi connectivity index (χ4n) is 2.81. The molecule has 1 unspecified atom stereocenters. The smallest absolute Gasteiger partial charge is 0.259 e. The van der Waals surface area contributed by atoms with Crippen molar-refractivity contribution in [3.05, 3.63) is 23.8 Å². The van der Waals surface area contributed by atoms with E-state index in [1.807, 2.05) is 6.07 Å². The topological polar surface area (TPSA) is 103 Å². The Bertz CT molecular complexity index is 644. The van der Waals surface area contributed by atoms with Crippen LogP contribution in [0.2, 0.25) is 0 Å². The minimum absolute atomic E-state index is 0.0700. The SMILES string of the molecule is COc1cc(CNC(=O)C(N)C2CCOCC2)ccc1OCC(=O)N(C)C. The highest BCUT2D eigenvalue weighted by Gasteiger charge is 2.26. The molecule has 2 rings (SSSR count). The van der Waals surface area contributed by atoms with E-state index in [1.54, 1.807) is 26.2 Å². The van der Waals surface area contributed by atoms with Gasteiger partial charge in [0.2, 0.25) is 5.91 Å². The van der Waals surface area contributed by atoms with Gasteiger partial charge in [-0.05, 0) is 36.5 Å². The van der Waals surface area contributed by atoms with Gasteiger partial charge in [0.15, 0.2) is 18.1 Å². The fraction of sp³-hybridized carbons (Fsp3) is 0.579. The third-order valence-corrected chi connectivity index (χ3v) is 4.62. The number of amides is 2. The van der Waals surface area contributed by atoms with Gasteiger partial charge in [-0.25, -0.2) is 0 Å². The van der Waals surface area contributed by atoms with Crippen LogP contribution in [0.5, 0.6) is 11.5 Å². The molecule has 0 aromatic heterocycles. The number of ether oxygens (including phenoxy) is 3. The highest BCUT2D eigenvalue weighted by Crippen LogP contribution is 2.28. The van der Waals surface area contributed by atoms with Crippen LogP contribution in [-0.2, 0) is 20.9 Å². The van der Waals surface area contributed by atoms with Crippen molar-refractivity contribution in [1.82, 2.24) is 10.2 Å². The van der Waals surface area contributed by atoms with E-state index in [1.165, 1.54) is 12.0 Å². The van der Waals surface area contributed by atoms with Crippen molar-refractivity contribution in [3.8, 4) is 11.5 Å². The molecule has 0 radical (unpaired) electrons. The molecule has 0 bridgehead atoms. The number of hydrogen-bond donors (Lipinski definition) is 2. The fourth-order valence-corrected chi connectivity index (χ4v) is 2.81. The number of benzene rings is 1. The van der Waals surface area contributed by atoms with E-state index in [2.05, 4.69) is 5.32 Å². The van der Waals surface area contributed by atoms with Gasteiger partial charge in [0.05, 0.1) is 13.2 Å². The first-order chi connectivity index (χ1) is 12.9. The molecule has 1 aliphatic rings. The lowest BCUT2D eigenvalue weighted by Gasteiger charge is -2.26. The van der Waals surface area contributed by atoms with Crippen LogP contribution in [0.1, 0.15) is 18.4 Å². The Hall–Kier alpha value is -2.32. The average molecular weight is 379 g/mol. The molecule has 3 N–H and O–H groups in total. The van der Waals surface area contributed by atoms with E-state index in [-0.39, 0.29) is 24.3 Å². The lowest BCUT2D eigenvalue weighted by molar-refractivity contribution is -0.130. The van der Waals surface area contributed by atoms with E-state index in [0.717, 1.165) is 18.4 Å². The van der Waals surface area contributed by atoms with E-state index in [9.17, 15) is 9.59 Å². The highest BCUT2D eigenvalue weighted by atomic mass is 16.5. The maximum Gasteiger partial charge on any atom is 0.259 e. The van der Waals surface area contributed by atoms with Gasteiger partial charge in [0.1, 0.15) is 0 Å². The standard InChI is InChI=1S/C19H29N3O5/c1-22(2)17(23)12-27-15-5-4-13(10-16(15)25-3)11-21-19(24)18(20)14-6-8-26-9-7-14/h4-5,10,14,18H,6-9,11-12,20H2,1-3H3,(H,21,24). The van der Waals surface area contributed by atoms with E-state index in [0.29, 0.717) is 31.3 Å². The minimum Gasteiger partial charge on any atom is -0.493 e. The summed E-state index contributed by atoms with van der Waals surface area (Å²) in [6, 6.07) is 4.78. The number of hydrogen-bond acceptors (Lipinski definition) is 6. The summed E-state index contributed by atoms with van der Waals surface area (Å²) in [5, 5.41) is 2.87. The zero-order valence-corrected chi connectivity index (χ0v) is 16.2. The third-order valence-electron chi connectivity index (χ3n) is 4.62. The van der Waals surface area contributed by atoms with Crippen molar-refractivity contribution in [2.45, 2.75) is 25.4 Å². The monoisotopic (exact) mass is 379 g/mol. The molecule has 2 amide bonds. The van der Waals surface area contributed by atoms with Crippen molar-refractivity contribution in [2.75, 3.05) is 41.0 Å². The second kappa shape index (κ2) is 10.1. The van der Waals surface area contributed by atoms with Gasteiger partial charge in [-0.3, -0.25) is 9.59 Å². The minimum atomic E-state index is -0.532. The summed E-state index contributed by atoms with van der Waals surface area (Å²) >= 11 is 0. The van der Waals surface area contributed by atoms with Crippen LogP contribution in [-0.4, -0.2) is 63.8 Å². The Balaban J connectivity index is 1.90. The number of nitrogens with one attached hydrogen (secondary N) is 1. The summed E-state index contributed by atoms with van der Waals surface area (Å²) in [5.41, 5.74) is 6.93. The predicted octanol–water partition coefficient (Wildman–Crippen LogP) is 0.532. The zero-order valence-electron chi connectivity index (χ0n) is 16.2. The van der Waals surface area contributed by atoms with Gasteiger partial charge in [-0.15, -0.1) is 0 Å². The largest absolute Gasteiger partial charge is 0.493 e. The molecule has 150 valence electrons. The Morgan fingerprint density at radius 2 is 2.00 bits per heavy atom. The lowest BCUT2D eigenvalue weighted by Crippen LogP contribution is -2.46. The molecule has 1 fully saturated rings. The van der Waals surface area contributed by atoms with Gasteiger partial charge in [0.25, 0.3) is 5.91 Å².